The molecule has 0 aliphatic heterocycles. The van der Waals surface area contributed by atoms with Gasteiger partial charge in [0.25, 0.3) is 0 Å². The van der Waals surface area contributed by atoms with Crippen LogP contribution < -0.4 is 0 Å². The monoisotopic (exact) mass is 497 g/mol. The number of rotatable bonds is 3. The third-order valence-electron chi connectivity index (χ3n) is 15.5. The van der Waals surface area contributed by atoms with Gasteiger partial charge in [0.05, 0.1) is 0 Å². The van der Waals surface area contributed by atoms with Gasteiger partial charge in [0.1, 0.15) is 0 Å². The zero-order valence-electron chi connectivity index (χ0n) is 26.2. The van der Waals surface area contributed by atoms with Crippen molar-refractivity contribution >= 4 is 0 Å². The van der Waals surface area contributed by atoms with E-state index in [4.69, 9.17) is 0 Å². The van der Waals surface area contributed by atoms with Crippen LogP contribution in [-0.2, 0) is 0 Å². The molecule has 0 aromatic rings. The third kappa shape index (κ3) is 3.94. The van der Waals surface area contributed by atoms with Gasteiger partial charge in [-0.2, -0.15) is 0 Å². The van der Waals surface area contributed by atoms with Crippen molar-refractivity contribution in [1.82, 2.24) is 0 Å². The first kappa shape index (κ1) is 27.6. The van der Waals surface area contributed by atoms with Crippen LogP contribution in [0.4, 0.5) is 0 Å². The van der Waals surface area contributed by atoms with E-state index in [1.165, 1.54) is 44.9 Å². The summed E-state index contributed by atoms with van der Waals surface area (Å²) in [6, 6.07) is 0. The van der Waals surface area contributed by atoms with Crippen molar-refractivity contribution in [3.63, 3.8) is 0 Å². The Hall–Kier alpha value is 0. The standard InChI is InChI=1S/C36H64/c1-11-27-13-15-28(16-14-27)30-17-12-23(4)32-24(5)33-26(7)36(10)25(6)29(22(2)3)18-19-35(36,9)21-34(33,8)20-31(30)32/h22-33H,11-21H2,1-10H3. The minimum Gasteiger partial charge on any atom is -0.0651 e. The van der Waals surface area contributed by atoms with E-state index in [9.17, 15) is 0 Å². The van der Waals surface area contributed by atoms with Crippen LogP contribution in [0.3, 0.4) is 0 Å². The molecule has 5 saturated carbocycles. The van der Waals surface area contributed by atoms with E-state index in [1.54, 1.807) is 25.7 Å². The van der Waals surface area contributed by atoms with Gasteiger partial charge in [-0.3, -0.25) is 0 Å². The maximum absolute atomic E-state index is 2.81. The van der Waals surface area contributed by atoms with Crippen molar-refractivity contribution in [1.29, 1.82) is 0 Å². The molecule has 5 fully saturated rings. The molecule has 0 spiro atoms. The molecule has 0 saturated heterocycles. The smallest absolute Gasteiger partial charge is 0.0215 e. The van der Waals surface area contributed by atoms with Crippen molar-refractivity contribution in [3.8, 4) is 0 Å². The lowest BCUT2D eigenvalue weighted by atomic mass is 9.32. The Balaban J connectivity index is 1.47. The Labute approximate surface area is 226 Å². The van der Waals surface area contributed by atoms with E-state index in [0.29, 0.717) is 16.2 Å². The van der Waals surface area contributed by atoms with Crippen molar-refractivity contribution in [2.75, 3.05) is 0 Å². The van der Waals surface area contributed by atoms with E-state index >= 15 is 0 Å². The van der Waals surface area contributed by atoms with Crippen LogP contribution in [0, 0.1) is 87.3 Å². The van der Waals surface area contributed by atoms with Crippen molar-refractivity contribution in [3.05, 3.63) is 0 Å². The summed E-state index contributed by atoms with van der Waals surface area (Å²) < 4.78 is 0. The molecule has 0 amide bonds. The van der Waals surface area contributed by atoms with E-state index in [2.05, 4.69) is 69.2 Å². The summed E-state index contributed by atoms with van der Waals surface area (Å²) in [6.45, 7) is 26.7. The SMILES string of the molecule is CCC1CCC(C2CCC(C)C3C(C)C4C(C)C5(C)C(C)C(C(C)C)CCC5(C)CC4(C)CC23)CC1. The zero-order valence-corrected chi connectivity index (χ0v) is 26.2. The molecule has 0 bridgehead atoms. The fraction of sp³-hybridized carbons (Fsp3) is 1.00. The fourth-order valence-electron chi connectivity index (χ4n) is 13.6. The number of fused-ring (bicyclic) bond motifs is 3. The molecular formula is C36H64. The average molecular weight is 497 g/mol. The summed E-state index contributed by atoms with van der Waals surface area (Å²) in [5, 5.41) is 0. The number of hydrogen-bond acceptors (Lipinski definition) is 0. The van der Waals surface area contributed by atoms with Gasteiger partial charge in [-0.15, -0.1) is 0 Å². The molecule has 0 aromatic carbocycles. The van der Waals surface area contributed by atoms with Crippen molar-refractivity contribution in [2.24, 2.45) is 87.3 Å². The van der Waals surface area contributed by atoms with E-state index < -0.39 is 0 Å². The maximum Gasteiger partial charge on any atom is -0.0215 e. The molecule has 0 nitrogen and oxygen atoms in total. The van der Waals surface area contributed by atoms with Crippen LogP contribution in [0.5, 0.6) is 0 Å². The highest BCUT2D eigenvalue weighted by Crippen LogP contribution is 2.75. The predicted molar refractivity (Wildman–Crippen MR) is 157 cm³/mol. The predicted octanol–water partition coefficient (Wildman–Crippen LogP) is 10.9. The van der Waals surface area contributed by atoms with Crippen LogP contribution in [-0.4, -0.2) is 0 Å². The summed E-state index contributed by atoms with van der Waals surface area (Å²) in [6.07, 6.45) is 16.7. The molecule has 5 rings (SSSR count). The minimum atomic E-state index is 0.487. The second-order valence-electron chi connectivity index (χ2n) is 16.9. The van der Waals surface area contributed by atoms with Crippen molar-refractivity contribution in [2.45, 2.75) is 140 Å². The van der Waals surface area contributed by atoms with Gasteiger partial charge in [-0.25, -0.2) is 0 Å². The van der Waals surface area contributed by atoms with Crippen LogP contribution in [0.2, 0.25) is 0 Å². The first-order chi connectivity index (χ1) is 16.9. The molecule has 5 aliphatic carbocycles. The van der Waals surface area contributed by atoms with E-state index in [-0.39, 0.29) is 0 Å². The second-order valence-corrected chi connectivity index (χ2v) is 16.9. The maximum atomic E-state index is 2.81. The fourth-order valence-corrected chi connectivity index (χ4v) is 13.6. The van der Waals surface area contributed by atoms with Gasteiger partial charge in [0, 0.05) is 0 Å². The van der Waals surface area contributed by atoms with Gasteiger partial charge < -0.3 is 0 Å². The molecular weight excluding hydrogens is 432 g/mol. The molecule has 36 heavy (non-hydrogen) atoms. The second kappa shape index (κ2) is 9.58. The lowest BCUT2D eigenvalue weighted by molar-refractivity contribution is -0.241. The molecule has 12 atom stereocenters. The summed E-state index contributed by atoms with van der Waals surface area (Å²) in [5.41, 5.74) is 1.56. The van der Waals surface area contributed by atoms with Gasteiger partial charge in [0.2, 0.25) is 0 Å². The molecule has 5 aliphatic rings. The van der Waals surface area contributed by atoms with Gasteiger partial charge in [-0.05, 0) is 132 Å². The molecule has 12 unspecified atom stereocenters. The van der Waals surface area contributed by atoms with Gasteiger partial charge >= 0.3 is 0 Å². The summed E-state index contributed by atoms with van der Waals surface area (Å²) in [7, 11) is 0. The number of hydrogen-bond donors (Lipinski definition) is 0. The normalized spacial score (nSPS) is 57.6. The van der Waals surface area contributed by atoms with E-state index in [0.717, 1.165) is 71.0 Å². The molecule has 0 radical (unpaired) electrons. The zero-order chi connectivity index (χ0) is 26.2. The average Bonchev–Trinajstić information content (AvgIpc) is 2.81. The Morgan fingerprint density at radius 2 is 1.44 bits per heavy atom. The van der Waals surface area contributed by atoms with Crippen LogP contribution in [0.1, 0.15) is 140 Å². The molecule has 0 heterocycles. The topological polar surface area (TPSA) is 0 Å². The Kier molecular flexibility index (Phi) is 7.33. The molecule has 0 heteroatoms. The highest BCUT2D eigenvalue weighted by molar-refractivity contribution is 5.16. The Morgan fingerprint density at radius 1 is 0.778 bits per heavy atom. The Morgan fingerprint density at radius 3 is 2.06 bits per heavy atom. The molecule has 0 aromatic heterocycles. The van der Waals surface area contributed by atoms with Crippen LogP contribution >= 0.6 is 0 Å². The lowest BCUT2D eigenvalue weighted by Gasteiger charge is -2.72. The van der Waals surface area contributed by atoms with Gasteiger partial charge in [0.15, 0.2) is 0 Å². The third-order valence-corrected chi connectivity index (χ3v) is 15.5. The first-order valence-electron chi connectivity index (χ1n) is 16.9. The van der Waals surface area contributed by atoms with E-state index in [1.807, 2.05) is 0 Å². The first-order valence-corrected chi connectivity index (χ1v) is 16.9. The Bertz CT molecular complexity index is 773. The summed E-state index contributed by atoms with van der Waals surface area (Å²) in [4.78, 5) is 0. The van der Waals surface area contributed by atoms with Crippen LogP contribution in [0.15, 0.2) is 0 Å². The quantitative estimate of drug-likeness (QED) is 0.364. The highest BCUT2D eigenvalue weighted by atomic mass is 14.7. The molecule has 0 N–H and O–H groups in total. The van der Waals surface area contributed by atoms with Gasteiger partial charge in [-0.1, -0.05) is 94.9 Å². The lowest BCUT2D eigenvalue weighted by Crippen LogP contribution is -2.66. The minimum absolute atomic E-state index is 0.487. The molecule has 208 valence electrons. The largest absolute Gasteiger partial charge is 0.0651 e. The summed E-state index contributed by atoms with van der Waals surface area (Å²) in [5.74, 6) is 11.3. The highest BCUT2D eigenvalue weighted by Gasteiger charge is 2.68. The van der Waals surface area contributed by atoms with Crippen LogP contribution in [0.25, 0.3) is 0 Å². The van der Waals surface area contributed by atoms with Crippen molar-refractivity contribution < 1.29 is 0 Å². The summed E-state index contributed by atoms with van der Waals surface area (Å²) >= 11 is 0.